The van der Waals surface area contributed by atoms with Gasteiger partial charge in [-0.1, -0.05) is 128 Å². The highest BCUT2D eigenvalue weighted by atomic mass is 15.1. The first-order valence-corrected chi connectivity index (χ1v) is 17.4. The second kappa shape index (κ2) is 12.2. The molecule has 232 valence electrons. The molecule has 1 aromatic heterocycles. The topological polar surface area (TPSA) is 8.17 Å². The Morgan fingerprint density at radius 3 is 1.98 bits per heavy atom. The largest absolute Gasteiger partial charge is 0.310 e. The third-order valence-corrected chi connectivity index (χ3v) is 10.4. The molecule has 0 aliphatic heterocycles. The lowest BCUT2D eigenvalue weighted by Gasteiger charge is -2.29. The SMILES string of the molecule is c1ccc(N(c2ccc3c(c2)c2ccccc2n3-c2ccccc2)c2ccccc2-c2cccc3cccc(C4CCCCC4)c23)cc1. The van der Waals surface area contributed by atoms with Crippen molar-refractivity contribution in [2.45, 2.75) is 38.0 Å². The van der Waals surface area contributed by atoms with Gasteiger partial charge in [0.05, 0.1) is 16.7 Å². The quantitative estimate of drug-likeness (QED) is 0.180. The fourth-order valence-electron chi connectivity index (χ4n) is 8.20. The van der Waals surface area contributed by atoms with Crippen molar-refractivity contribution in [1.29, 1.82) is 0 Å². The number of anilines is 3. The number of nitrogens with zero attached hydrogens (tertiary/aromatic N) is 2. The predicted molar refractivity (Wildman–Crippen MR) is 204 cm³/mol. The number of fused-ring (bicyclic) bond motifs is 4. The summed E-state index contributed by atoms with van der Waals surface area (Å²) in [6, 6.07) is 60.1. The molecule has 0 radical (unpaired) electrons. The summed E-state index contributed by atoms with van der Waals surface area (Å²) in [4.78, 5) is 2.45. The van der Waals surface area contributed by atoms with E-state index < -0.39 is 0 Å². The number of para-hydroxylation sites is 4. The zero-order chi connectivity index (χ0) is 31.9. The standard InChI is InChI=1S/C46H38N2/c1-4-16-33(17-5-1)38-26-14-18-34-19-15-27-41(46(34)38)39-24-10-12-28-43(39)47(35-20-6-2-7-21-35)37-30-31-45-42(32-37)40-25-11-13-29-44(40)48(45)36-22-8-3-9-23-36/h2-3,6-15,18-33H,1,4-5,16-17H2. The molecule has 0 amide bonds. The second-order valence-corrected chi connectivity index (χ2v) is 13.2. The van der Waals surface area contributed by atoms with Gasteiger partial charge in [-0.3, -0.25) is 0 Å². The lowest BCUT2D eigenvalue weighted by atomic mass is 9.80. The zero-order valence-corrected chi connectivity index (χ0v) is 27.1. The summed E-state index contributed by atoms with van der Waals surface area (Å²) >= 11 is 0. The van der Waals surface area contributed by atoms with Crippen LogP contribution in [0.5, 0.6) is 0 Å². The maximum absolute atomic E-state index is 2.45. The smallest absolute Gasteiger partial charge is 0.0542 e. The van der Waals surface area contributed by atoms with E-state index in [2.05, 4.69) is 173 Å². The summed E-state index contributed by atoms with van der Waals surface area (Å²) in [7, 11) is 0. The zero-order valence-electron chi connectivity index (χ0n) is 27.1. The van der Waals surface area contributed by atoms with Crippen molar-refractivity contribution >= 4 is 49.6 Å². The molecule has 48 heavy (non-hydrogen) atoms. The van der Waals surface area contributed by atoms with E-state index in [1.807, 2.05) is 0 Å². The van der Waals surface area contributed by atoms with E-state index in [0.29, 0.717) is 5.92 Å². The Labute approximate surface area is 282 Å². The summed E-state index contributed by atoms with van der Waals surface area (Å²) in [6.45, 7) is 0. The normalized spacial score (nSPS) is 13.8. The lowest BCUT2D eigenvalue weighted by Crippen LogP contribution is -2.11. The number of hydrogen-bond donors (Lipinski definition) is 0. The van der Waals surface area contributed by atoms with Crippen LogP contribution >= 0.6 is 0 Å². The Balaban J connectivity index is 1.28. The summed E-state index contributed by atoms with van der Waals surface area (Å²) in [6.07, 6.45) is 6.57. The minimum atomic E-state index is 0.616. The van der Waals surface area contributed by atoms with Crippen molar-refractivity contribution in [3.05, 3.63) is 169 Å². The van der Waals surface area contributed by atoms with E-state index in [9.17, 15) is 0 Å². The highest BCUT2D eigenvalue weighted by Crippen LogP contribution is 2.46. The van der Waals surface area contributed by atoms with E-state index in [4.69, 9.17) is 0 Å². The van der Waals surface area contributed by atoms with E-state index in [-0.39, 0.29) is 0 Å². The first-order chi connectivity index (χ1) is 23.8. The molecular weight excluding hydrogens is 581 g/mol. The Kier molecular flexibility index (Phi) is 7.28. The molecule has 0 N–H and O–H groups in total. The van der Waals surface area contributed by atoms with Crippen LogP contribution in [-0.2, 0) is 0 Å². The maximum Gasteiger partial charge on any atom is 0.0542 e. The summed E-state index contributed by atoms with van der Waals surface area (Å²) < 4.78 is 2.39. The lowest BCUT2D eigenvalue weighted by molar-refractivity contribution is 0.445. The van der Waals surface area contributed by atoms with Crippen molar-refractivity contribution < 1.29 is 0 Å². The molecule has 0 bridgehead atoms. The van der Waals surface area contributed by atoms with Crippen LogP contribution in [0.1, 0.15) is 43.6 Å². The van der Waals surface area contributed by atoms with Crippen molar-refractivity contribution in [3.63, 3.8) is 0 Å². The van der Waals surface area contributed by atoms with Crippen molar-refractivity contribution in [1.82, 2.24) is 4.57 Å². The summed E-state index contributed by atoms with van der Waals surface area (Å²) in [5, 5.41) is 5.24. The van der Waals surface area contributed by atoms with Crippen molar-refractivity contribution in [2.75, 3.05) is 4.90 Å². The van der Waals surface area contributed by atoms with Crippen LogP contribution in [0.2, 0.25) is 0 Å². The van der Waals surface area contributed by atoms with Crippen LogP contribution in [-0.4, -0.2) is 4.57 Å². The third kappa shape index (κ3) is 4.88. The average Bonchev–Trinajstić information content (AvgIpc) is 3.50. The van der Waals surface area contributed by atoms with Gasteiger partial charge in [0.2, 0.25) is 0 Å². The molecule has 1 saturated carbocycles. The van der Waals surface area contributed by atoms with Gasteiger partial charge in [-0.2, -0.15) is 0 Å². The molecule has 1 heterocycles. The van der Waals surface area contributed by atoms with Gasteiger partial charge in [0.15, 0.2) is 0 Å². The first-order valence-electron chi connectivity index (χ1n) is 17.4. The highest BCUT2D eigenvalue weighted by Gasteiger charge is 2.23. The van der Waals surface area contributed by atoms with Gasteiger partial charge in [0, 0.05) is 33.4 Å². The molecule has 2 heteroatoms. The van der Waals surface area contributed by atoms with Crippen molar-refractivity contribution in [2.24, 2.45) is 0 Å². The van der Waals surface area contributed by atoms with Crippen LogP contribution in [0.3, 0.4) is 0 Å². The molecule has 1 fully saturated rings. The maximum atomic E-state index is 2.45. The van der Waals surface area contributed by atoms with Crippen LogP contribution < -0.4 is 4.90 Å². The summed E-state index contributed by atoms with van der Waals surface area (Å²) in [5.41, 5.74) is 11.1. The highest BCUT2D eigenvalue weighted by molar-refractivity contribution is 6.11. The average molecular weight is 619 g/mol. The van der Waals surface area contributed by atoms with Crippen LogP contribution in [0.15, 0.2) is 164 Å². The summed E-state index contributed by atoms with van der Waals surface area (Å²) in [5.74, 6) is 0.616. The minimum absolute atomic E-state index is 0.616. The van der Waals surface area contributed by atoms with Gasteiger partial charge in [-0.15, -0.1) is 0 Å². The van der Waals surface area contributed by atoms with Gasteiger partial charge >= 0.3 is 0 Å². The van der Waals surface area contributed by atoms with Gasteiger partial charge in [-0.05, 0) is 95.3 Å². The Bertz CT molecular complexity index is 2370. The molecule has 1 aliphatic rings. The number of rotatable bonds is 6. The Hall–Kier alpha value is -5.60. The van der Waals surface area contributed by atoms with Gasteiger partial charge in [-0.25, -0.2) is 0 Å². The van der Waals surface area contributed by atoms with E-state index >= 15 is 0 Å². The van der Waals surface area contributed by atoms with E-state index in [1.165, 1.54) is 92.7 Å². The van der Waals surface area contributed by atoms with Gasteiger partial charge in [0.25, 0.3) is 0 Å². The number of benzene rings is 7. The predicted octanol–water partition coefficient (Wildman–Crippen LogP) is 13.1. The number of hydrogen-bond acceptors (Lipinski definition) is 1. The van der Waals surface area contributed by atoms with E-state index in [1.54, 1.807) is 0 Å². The monoisotopic (exact) mass is 618 g/mol. The Morgan fingerprint density at radius 2 is 1.15 bits per heavy atom. The van der Waals surface area contributed by atoms with Gasteiger partial charge in [0.1, 0.15) is 0 Å². The molecule has 0 atom stereocenters. The van der Waals surface area contributed by atoms with Crippen LogP contribution in [0, 0.1) is 0 Å². The number of aromatic nitrogens is 1. The molecule has 2 nitrogen and oxygen atoms in total. The minimum Gasteiger partial charge on any atom is -0.310 e. The Morgan fingerprint density at radius 1 is 0.479 bits per heavy atom. The fourth-order valence-corrected chi connectivity index (χ4v) is 8.20. The molecule has 8 aromatic rings. The fraction of sp³-hybridized carbons (Fsp3) is 0.130. The molecule has 1 aliphatic carbocycles. The third-order valence-electron chi connectivity index (χ3n) is 10.4. The van der Waals surface area contributed by atoms with Crippen LogP contribution in [0.4, 0.5) is 17.1 Å². The first kappa shape index (κ1) is 28.6. The molecule has 0 saturated heterocycles. The van der Waals surface area contributed by atoms with Gasteiger partial charge < -0.3 is 9.47 Å². The van der Waals surface area contributed by atoms with Crippen LogP contribution in [0.25, 0.3) is 49.4 Å². The molecular formula is C46H38N2. The van der Waals surface area contributed by atoms with Crippen molar-refractivity contribution in [3.8, 4) is 16.8 Å². The molecule has 7 aromatic carbocycles. The molecule has 0 unspecified atom stereocenters. The van der Waals surface area contributed by atoms with E-state index in [0.717, 1.165) is 11.4 Å². The molecule has 0 spiro atoms. The molecule has 9 rings (SSSR count). The second-order valence-electron chi connectivity index (χ2n) is 13.2.